The van der Waals surface area contributed by atoms with Crippen molar-refractivity contribution in [3.05, 3.63) is 105 Å². The minimum absolute atomic E-state index is 1.10. The van der Waals surface area contributed by atoms with Gasteiger partial charge in [0.25, 0.3) is 0 Å². The molecule has 0 heteroatoms. The summed E-state index contributed by atoms with van der Waals surface area (Å²) in [6.45, 7) is 2.19. The Balaban J connectivity index is 1.62. The number of rotatable bonds is 0. The summed E-state index contributed by atoms with van der Waals surface area (Å²) in [7, 11) is 0. The first-order valence-corrected chi connectivity index (χ1v) is 8.55. The minimum atomic E-state index is 1.10. The number of hydrogen-bond donors (Lipinski definition) is 0. The van der Waals surface area contributed by atoms with Crippen LogP contribution in [-0.4, -0.2) is 0 Å². The van der Waals surface area contributed by atoms with E-state index < -0.39 is 0 Å². The molecule has 112 valence electrons. The van der Waals surface area contributed by atoms with Crippen LogP contribution in [0.1, 0.15) is 50.1 Å². The quantitative estimate of drug-likeness (QED) is 0.378. The lowest BCUT2D eigenvalue weighted by Crippen LogP contribution is -2.16. The van der Waals surface area contributed by atoms with Gasteiger partial charge in [-0.1, -0.05) is 60.2 Å². The smallest absolute Gasteiger partial charge is 0.00171 e. The molecule has 5 rings (SSSR count). The van der Waals surface area contributed by atoms with E-state index in [2.05, 4.69) is 61.5 Å². The van der Waals surface area contributed by atoms with Gasteiger partial charge in [-0.05, 0) is 77.1 Å². The number of hydrogen-bond acceptors (Lipinski definition) is 0. The van der Waals surface area contributed by atoms with E-state index in [9.17, 15) is 0 Å². The van der Waals surface area contributed by atoms with Gasteiger partial charge in [-0.3, -0.25) is 0 Å². The predicted molar refractivity (Wildman–Crippen MR) is 95.3 cm³/mol. The molecule has 0 fully saturated rings. The monoisotopic (exact) mass is 296 g/mol. The summed E-state index contributed by atoms with van der Waals surface area (Å²) in [5.74, 6) is 0. The third-order valence-electron chi connectivity index (χ3n) is 5.60. The van der Waals surface area contributed by atoms with Crippen LogP contribution in [0.5, 0.6) is 0 Å². The van der Waals surface area contributed by atoms with E-state index in [1.54, 1.807) is 16.7 Å². The van der Waals surface area contributed by atoms with Crippen molar-refractivity contribution in [2.24, 2.45) is 0 Å². The second-order valence-electron chi connectivity index (χ2n) is 7.09. The van der Waals surface area contributed by atoms with Crippen molar-refractivity contribution >= 4 is 0 Å². The molecule has 3 aromatic rings. The highest BCUT2D eigenvalue weighted by molar-refractivity contribution is 5.56. The van der Waals surface area contributed by atoms with Crippen molar-refractivity contribution in [2.45, 2.75) is 32.6 Å². The van der Waals surface area contributed by atoms with Crippen LogP contribution in [0.3, 0.4) is 0 Å². The summed E-state index contributed by atoms with van der Waals surface area (Å²) in [5, 5.41) is 0. The van der Waals surface area contributed by atoms with Crippen LogP contribution in [0.2, 0.25) is 0 Å². The Labute approximate surface area is 137 Å². The lowest BCUT2D eigenvalue weighted by Gasteiger charge is -2.28. The third-order valence-corrected chi connectivity index (χ3v) is 5.60. The first kappa shape index (κ1) is 13.1. The van der Waals surface area contributed by atoms with Gasteiger partial charge in [0.05, 0.1) is 0 Å². The molecule has 0 heterocycles. The molecule has 0 bridgehead atoms. The fourth-order valence-electron chi connectivity index (χ4n) is 4.35. The molecule has 0 saturated carbocycles. The first-order chi connectivity index (χ1) is 11.3. The van der Waals surface area contributed by atoms with E-state index in [0.29, 0.717) is 0 Å². The van der Waals surface area contributed by atoms with Crippen LogP contribution < -0.4 is 0 Å². The molecule has 0 aliphatic heterocycles. The van der Waals surface area contributed by atoms with E-state index >= 15 is 0 Å². The average molecular weight is 296 g/mol. The number of aryl methyl sites for hydroxylation is 1. The van der Waals surface area contributed by atoms with Crippen molar-refractivity contribution in [1.29, 1.82) is 0 Å². The summed E-state index contributed by atoms with van der Waals surface area (Å²) in [6.07, 6.45) is 4.41. The van der Waals surface area contributed by atoms with Crippen LogP contribution in [-0.2, 0) is 25.7 Å². The molecule has 0 aromatic heterocycles. The molecule has 0 amide bonds. The minimum Gasteiger partial charge on any atom is -0.0620 e. The highest BCUT2D eigenvalue weighted by Gasteiger charge is 2.23. The molecule has 0 N–H and O–H groups in total. The van der Waals surface area contributed by atoms with Gasteiger partial charge < -0.3 is 0 Å². The Hall–Kier alpha value is -2.34. The maximum atomic E-state index is 2.38. The molecule has 2 aliphatic rings. The molecular formula is C23H20. The first-order valence-electron chi connectivity index (χ1n) is 8.55. The Morgan fingerprint density at radius 1 is 0.522 bits per heavy atom. The van der Waals surface area contributed by atoms with Crippen molar-refractivity contribution in [1.82, 2.24) is 0 Å². The highest BCUT2D eigenvalue weighted by atomic mass is 14.3. The molecular weight excluding hydrogens is 276 g/mol. The number of benzene rings is 3. The molecule has 0 radical (unpaired) electrons. The fraction of sp³-hybridized carbons (Fsp3) is 0.217. The zero-order chi connectivity index (χ0) is 15.4. The summed E-state index contributed by atoms with van der Waals surface area (Å²) in [5.41, 5.74) is 13.7. The van der Waals surface area contributed by atoms with Gasteiger partial charge in [0.15, 0.2) is 0 Å². The second kappa shape index (κ2) is 4.83. The van der Waals surface area contributed by atoms with E-state index in [-0.39, 0.29) is 0 Å². The summed E-state index contributed by atoms with van der Waals surface area (Å²) in [6, 6.07) is 20.7. The Kier molecular flexibility index (Phi) is 2.76. The number of fused-ring (bicyclic) bond motifs is 5. The zero-order valence-corrected chi connectivity index (χ0v) is 13.5. The molecule has 23 heavy (non-hydrogen) atoms. The van der Waals surface area contributed by atoms with Gasteiger partial charge in [-0.25, -0.2) is 0 Å². The van der Waals surface area contributed by atoms with Gasteiger partial charge in [0, 0.05) is 0 Å². The average Bonchev–Trinajstić information content (AvgIpc) is 2.58. The fourth-order valence-corrected chi connectivity index (χ4v) is 4.35. The highest BCUT2D eigenvalue weighted by Crippen LogP contribution is 2.36. The van der Waals surface area contributed by atoms with Gasteiger partial charge in [0.1, 0.15) is 0 Å². The third kappa shape index (κ3) is 2.05. The topological polar surface area (TPSA) is 0 Å². The lowest BCUT2D eigenvalue weighted by molar-refractivity contribution is 0.918. The van der Waals surface area contributed by atoms with E-state index in [0.717, 1.165) is 25.7 Å². The maximum absolute atomic E-state index is 2.38. The van der Waals surface area contributed by atoms with E-state index in [1.807, 2.05) is 0 Å². The molecule has 0 atom stereocenters. The Morgan fingerprint density at radius 2 is 1.04 bits per heavy atom. The van der Waals surface area contributed by atoms with Gasteiger partial charge >= 0.3 is 0 Å². The molecule has 0 spiro atoms. The van der Waals surface area contributed by atoms with Crippen molar-refractivity contribution in [2.75, 3.05) is 0 Å². The summed E-state index contributed by atoms with van der Waals surface area (Å²) in [4.78, 5) is 0. The molecule has 0 saturated heterocycles. The van der Waals surface area contributed by atoms with Crippen LogP contribution in [0.15, 0.2) is 54.6 Å². The van der Waals surface area contributed by atoms with Gasteiger partial charge in [-0.2, -0.15) is 0 Å². The molecule has 3 aromatic carbocycles. The van der Waals surface area contributed by atoms with Crippen LogP contribution in [0.4, 0.5) is 0 Å². The predicted octanol–water partition coefficient (Wildman–Crippen LogP) is 4.99. The molecule has 2 aliphatic carbocycles. The van der Waals surface area contributed by atoms with Crippen LogP contribution in [0.25, 0.3) is 0 Å². The van der Waals surface area contributed by atoms with E-state index in [1.165, 1.54) is 33.4 Å². The Morgan fingerprint density at radius 3 is 1.74 bits per heavy atom. The van der Waals surface area contributed by atoms with Crippen LogP contribution in [0, 0.1) is 6.92 Å². The normalized spacial score (nSPS) is 14.5. The van der Waals surface area contributed by atoms with Crippen LogP contribution >= 0.6 is 0 Å². The van der Waals surface area contributed by atoms with Crippen molar-refractivity contribution in [3.63, 3.8) is 0 Å². The second-order valence-corrected chi connectivity index (χ2v) is 7.09. The lowest BCUT2D eigenvalue weighted by atomic mass is 9.76. The standard InChI is InChI=1S/C23H20/c1-15-6-7-18-14-23-20(12-21(18)10-15)9-8-19-11-16-4-2-3-5-17(16)13-22(19)23/h2-10H,11-14H2,1H3. The summed E-state index contributed by atoms with van der Waals surface area (Å²) >= 11 is 0. The largest absolute Gasteiger partial charge is 0.0620 e. The van der Waals surface area contributed by atoms with Crippen molar-refractivity contribution < 1.29 is 0 Å². The SMILES string of the molecule is Cc1ccc2c(c1)Cc1ccc3c(c1C2)Cc1ccccc1C3. The Bertz CT molecular complexity index is 931. The van der Waals surface area contributed by atoms with Crippen molar-refractivity contribution in [3.8, 4) is 0 Å². The van der Waals surface area contributed by atoms with Gasteiger partial charge in [-0.15, -0.1) is 0 Å². The maximum Gasteiger partial charge on any atom is -0.00171 e. The zero-order valence-electron chi connectivity index (χ0n) is 13.5. The molecule has 0 nitrogen and oxygen atoms in total. The van der Waals surface area contributed by atoms with E-state index in [4.69, 9.17) is 0 Å². The summed E-state index contributed by atoms with van der Waals surface area (Å²) < 4.78 is 0. The van der Waals surface area contributed by atoms with Gasteiger partial charge in [0.2, 0.25) is 0 Å². The molecule has 0 unspecified atom stereocenters.